The van der Waals surface area contributed by atoms with Crippen molar-refractivity contribution in [3.05, 3.63) is 74.6 Å². The van der Waals surface area contributed by atoms with E-state index < -0.39 is 0 Å². The molecular weight excluding hydrogens is 358 g/mol. The van der Waals surface area contributed by atoms with Crippen molar-refractivity contribution in [1.82, 2.24) is 14.5 Å². The Hall–Kier alpha value is -2.86. The predicted octanol–water partition coefficient (Wildman–Crippen LogP) is 4.54. The highest BCUT2D eigenvalue weighted by atomic mass is 32.1. The van der Waals surface area contributed by atoms with E-state index in [-0.39, 0.29) is 5.56 Å². The van der Waals surface area contributed by atoms with Crippen molar-refractivity contribution >= 4 is 22.4 Å². The molecule has 1 aliphatic carbocycles. The number of imidazole rings is 1. The molecule has 0 amide bonds. The SMILES string of the molecule is Cc1cc(COc2ccn(-c3ccc4nc(C5CC5)[nH]c4c3)c(=O)c2)cs1. The van der Waals surface area contributed by atoms with Crippen molar-refractivity contribution in [2.45, 2.75) is 32.3 Å². The summed E-state index contributed by atoms with van der Waals surface area (Å²) in [4.78, 5) is 21.9. The van der Waals surface area contributed by atoms with E-state index in [1.807, 2.05) is 24.3 Å². The van der Waals surface area contributed by atoms with Crippen molar-refractivity contribution in [3.8, 4) is 11.4 Å². The molecule has 0 saturated heterocycles. The Morgan fingerprint density at radius 1 is 1.26 bits per heavy atom. The molecule has 4 aromatic rings. The van der Waals surface area contributed by atoms with Gasteiger partial charge in [0.1, 0.15) is 18.2 Å². The summed E-state index contributed by atoms with van der Waals surface area (Å²) in [5, 5.41) is 2.08. The molecule has 3 heterocycles. The molecule has 0 spiro atoms. The number of thiophene rings is 1. The molecule has 0 aliphatic heterocycles. The fraction of sp³-hybridized carbons (Fsp3) is 0.238. The van der Waals surface area contributed by atoms with Gasteiger partial charge in [-0.15, -0.1) is 11.3 Å². The van der Waals surface area contributed by atoms with Crippen molar-refractivity contribution in [2.75, 3.05) is 0 Å². The van der Waals surface area contributed by atoms with Crippen molar-refractivity contribution in [1.29, 1.82) is 0 Å². The van der Waals surface area contributed by atoms with Gasteiger partial charge in [0.25, 0.3) is 5.56 Å². The van der Waals surface area contributed by atoms with Crippen LogP contribution in [0.15, 0.2) is 52.8 Å². The highest BCUT2D eigenvalue weighted by Gasteiger charge is 2.26. The summed E-state index contributed by atoms with van der Waals surface area (Å²) >= 11 is 1.70. The Kier molecular flexibility index (Phi) is 3.86. The van der Waals surface area contributed by atoms with Crippen LogP contribution < -0.4 is 10.3 Å². The lowest BCUT2D eigenvalue weighted by molar-refractivity contribution is 0.305. The lowest BCUT2D eigenvalue weighted by atomic mass is 10.2. The third-order valence-electron chi connectivity index (χ3n) is 4.81. The maximum absolute atomic E-state index is 12.6. The van der Waals surface area contributed by atoms with Gasteiger partial charge in [-0.1, -0.05) is 0 Å². The molecule has 136 valence electrons. The number of rotatable bonds is 5. The summed E-state index contributed by atoms with van der Waals surface area (Å²) in [5.74, 6) is 2.22. The average molecular weight is 377 g/mol. The van der Waals surface area contributed by atoms with Crippen molar-refractivity contribution in [2.24, 2.45) is 0 Å². The summed E-state index contributed by atoms with van der Waals surface area (Å²) in [7, 11) is 0. The van der Waals surface area contributed by atoms with Crippen LogP contribution in [0.25, 0.3) is 16.7 Å². The number of benzene rings is 1. The van der Waals surface area contributed by atoms with E-state index in [2.05, 4.69) is 28.3 Å². The minimum atomic E-state index is -0.115. The zero-order chi connectivity index (χ0) is 18.4. The number of pyridine rings is 1. The van der Waals surface area contributed by atoms with Gasteiger partial charge in [-0.05, 0) is 55.5 Å². The smallest absolute Gasteiger partial charge is 0.258 e. The Morgan fingerprint density at radius 3 is 2.89 bits per heavy atom. The minimum Gasteiger partial charge on any atom is -0.489 e. The fourth-order valence-corrected chi connectivity index (χ4v) is 3.91. The quantitative estimate of drug-likeness (QED) is 0.555. The molecule has 1 aromatic carbocycles. The van der Waals surface area contributed by atoms with Crippen LogP contribution in [0.1, 0.15) is 35.0 Å². The topological polar surface area (TPSA) is 59.9 Å². The zero-order valence-electron chi connectivity index (χ0n) is 14.9. The van der Waals surface area contributed by atoms with E-state index in [4.69, 9.17) is 4.74 Å². The molecule has 0 bridgehead atoms. The molecule has 1 fully saturated rings. The van der Waals surface area contributed by atoms with E-state index in [0.29, 0.717) is 18.3 Å². The van der Waals surface area contributed by atoms with Gasteiger partial charge in [-0.2, -0.15) is 0 Å². The number of hydrogen-bond donors (Lipinski definition) is 1. The van der Waals surface area contributed by atoms with Crippen LogP contribution in [0, 0.1) is 6.92 Å². The molecule has 1 saturated carbocycles. The molecule has 3 aromatic heterocycles. The molecule has 5 rings (SSSR count). The van der Waals surface area contributed by atoms with Crippen LogP contribution in [0.3, 0.4) is 0 Å². The molecule has 27 heavy (non-hydrogen) atoms. The first-order chi connectivity index (χ1) is 13.2. The zero-order valence-corrected chi connectivity index (χ0v) is 15.8. The molecule has 0 atom stereocenters. The Morgan fingerprint density at radius 2 is 2.15 bits per heavy atom. The number of aromatic nitrogens is 3. The lowest BCUT2D eigenvalue weighted by Crippen LogP contribution is -2.16. The minimum absolute atomic E-state index is 0.115. The highest BCUT2D eigenvalue weighted by Crippen LogP contribution is 2.39. The van der Waals surface area contributed by atoms with Crippen molar-refractivity contribution in [3.63, 3.8) is 0 Å². The first kappa shape index (κ1) is 16.3. The molecular formula is C21H19N3O2S. The van der Waals surface area contributed by atoms with E-state index in [1.54, 1.807) is 22.1 Å². The Labute approximate surface area is 160 Å². The number of ether oxygens (including phenoxy) is 1. The molecule has 6 heteroatoms. The fourth-order valence-electron chi connectivity index (χ4n) is 3.22. The van der Waals surface area contributed by atoms with Gasteiger partial charge >= 0.3 is 0 Å². The predicted molar refractivity (Wildman–Crippen MR) is 107 cm³/mol. The van der Waals surface area contributed by atoms with Gasteiger partial charge in [0, 0.05) is 28.6 Å². The van der Waals surface area contributed by atoms with Gasteiger partial charge < -0.3 is 9.72 Å². The Bertz CT molecular complexity index is 1180. The summed E-state index contributed by atoms with van der Waals surface area (Å²) in [6.45, 7) is 2.54. The number of nitrogens with one attached hydrogen (secondary N) is 1. The average Bonchev–Trinajstić information content (AvgIpc) is 3.29. The van der Waals surface area contributed by atoms with Crippen molar-refractivity contribution < 1.29 is 4.74 Å². The van der Waals surface area contributed by atoms with Gasteiger partial charge in [-0.3, -0.25) is 9.36 Å². The van der Waals surface area contributed by atoms with Crippen LogP contribution in [0.2, 0.25) is 0 Å². The van der Waals surface area contributed by atoms with Crippen LogP contribution in [-0.4, -0.2) is 14.5 Å². The van der Waals surface area contributed by atoms with Crippen LogP contribution in [0.4, 0.5) is 0 Å². The second-order valence-electron chi connectivity index (χ2n) is 7.02. The van der Waals surface area contributed by atoms with Gasteiger partial charge in [-0.25, -0.2) is 4.98 Å². The first-order valence-electron chi connectivity index (χ1n) is 9.05. The maximum atomic E-state index is 12.6. The maximum Gasteiger partial charge on any atom is 0.258 e. The number of hydrogen-bond acceptors (Lipinski definition) is 4. The monoisotopic (exact) mass is 377 g/mol. The number of aromatic amines is 1. The molecule has 0 radical (unpaired) electrons. The summed E-state index contributed by atoms with van der Waals surface area (Å²) in [6.07, 6.45) is 4.17. The lowest BCUT2D eigenvalue weighted by Gasteiger charge is -2.08. The second-order valence-corrected chi connectivity index (χ2v) is 8.14. The molecule has 5 nitrogen and oxygen atoms in total. The number of H-pyrrole nitrogens is 1. The van der Waals surface area contributed by atoms with Crippen LogP contribution >= 0.6 is 11.3 Å². The normalized spacial score (nSPS) is 14.0. The number of fused-ring (bicyclic) bond motifs is 1. The van der Waals surface area contributed by atoms with Gasteiger partial charge in [0.15, 0.2) is 0 Å². The standard InChI is InChI=1S/C21H19N3O2S/c1-13-8-14(12-27-13)11-26-17-6-7-24(20(25)10-17)16-4-5-18-19(9-16)23-21(22-18)15-2-3-15/h4-10,12,15H,2-3,11H2,1H3,(H,22,23). The van der Waals surface area contributed by atoms with E-state index in [0.717, 1.165) is 28.1 Å². The first-order valence-corrected chi connectivity index (χ1v) is 9.93. The third kappa shape index (κ3) is 3.28. The Balaban J connectivity index is 1.39. The van der Waals surface area contributed by atoms with E-state index >= 15 is 0 Å². The van der Waals surface area contributed by atoms with E-state index in [1.165, 1.54) is 23.8 Å². The second kappa shape index (κ2) is 6.39. The summed E-state index contributed by atoms with van der Waals surface area (Å²) in [6, 6.07) is 11.3. The van der Waals surface area contributed by atoms with Crippen LogP contribution in [0.5, 0.6) is 5.75 Å². The van der Waals surface area contributed by atoms with Gasteiger partial charge in [0.2, 0.25) is 0 Å². The summed E-state index contributed by atoms with van der Waals surface area (Å²) < 4.78 is 7.38. The number of nitrogens with zero attached hydrogens (tertiary/aromatic N) is 2. The highest BCUT2D eigenvalue weighted by molar-refractivity contribution is 7.10. The molecule has 1 N–H and O–H groups in total. The third-order valence-corrected chi connectivity index (χ3v) is 5.72. The summed E-state index contributed by atoms with van der Waals surface area (Å²) in [5.41, 5.74) is 3.74. The van der Waals surface area contributed by atoms with Crippen LogP contribution in [-0.2, 0) is 6.61 Å². The molecule has 1 aliphatic rings. The number of aryl methyl sites for hydroxylation is 1. The van der Waals surface area contributed by atoms with E-state index in [9.17, 15) is 4.79 Å². The van der Waals surface area contributed by atoms with Gasteiger partial charge in [0.05, 0.1) is 16.7 Å². The molecule has 0 unspecified atom stereocenters. The largest absolute Gasteiger partial charge is 0.489 e.